The number of hydrogen-bond donors (Lipinski definition) is 0. The number of hydrogen-bond acceptors (Lipinski definition) is 3. The summed E-state index contributed by atoms with van der Waals surface area (Å²) in [5.74, 6) is 1.58. The lowest BCUT2D eigenvalue weighted by atomic mass is 9.91. The molecule has 0 atom stereocenters. The summed E-state index contributed by atoms with van der Waals surface area (Å²) < 4.78 is 8.60. The number of nitrogens with zero attached hydrogens (tertiary/aromatic N) is 3. The molecule has 42 heavy (non-hydrogen) atoms. The molecule has 8 aromatic rings. The van der Waals surface area contributed by atoms with E-state index < -0.39 is 0 Å². The Bertz CT molecular complexity index is 2190. The molecule has 0 N–H and O–H groups in total. The van der Waals surface area contributed by atoms with Crippen LogP contribution in [0.5, 0.6) is 0 Å². The lowest BCUT2D eigenvalue weighted by Crippen LogP contribution is -2.01. The van der Waals surface area contributed by atoms with Gasteiger partial charge in [-0.05, 0) is 34.9 Å². The molecule has 0 unspecified atom stereocenters. The molecule has 2 heterocycles. The molecule has 0 aliphatic heterocycles. The van der Waals surface area contributed by atoms with Gasteiger partial charge in [-0.25, -0.2) is 0 Å². The van der Waals surface area contributed by atoms with Gasteiger partial charge in [0.2, 0.25) is 0 Å². The van der Waals surface area contributed by atoms with E-state index in [1.807, 2.05) is 48.5 Å². The second kappa shape index (κ2) is 10.0. The minimum Gasteiger partial charge on any atom is -0.455 e. The Kier molecular flexibility index (Phi) is 5.75. The van der Waals surface area contributed by atoms with Crippen LogP contribution in [-0.2, 0) is 0 Å². The molecule has 0 aliphatic carbocycles. The lowest BCUT2D eigenvalue weighted by molar-refractivity contribution is 0.670. The average molecular weight is 540 g/mol. The Labute approximate surface area is 243 Å². The van der Waals surface area contributed by atoms with Crippen molar-refractivity contribution in [3.63, 3.8) is 0 Å². The molecule has 6 aromatic carbocycles. The van der Waals surface area contributed by atoms with Gasteiger partial charge in [-0.2, -0.15) is 0 Å². The molecular weight excluding hydrogens is 514 g/mol. The average Bonchev–Trinajstić information content (AvgIpc) is 3.68. The Morgan fingerprint density at radius 2 is 0.929 bits per heavy atom. The first-order chi connectivity index (χ1) is 20.9. The van der Waals surface area contributed by atoms with Crippen LogP contribution in [0.1, 0.15) is 0 Å². The van der Waals surface area contributed by atoms with Gasteiger partial charge in [0, 0.05) is 33.2 Å². The van der Waals surface area contributed by atoms with E-state index in [0.717, 1.165) is 72.7 Å². The van der Waals surface area contributed by atoms with E-state index in [-0.39, 0.29) is 0 Å². The van der Waals surface area contributed by atoms with Gasteiger partial charge in [-0.15, -0.1) is 10.2 Å². The summed E-state index contributed by atoms with van der Waals surface area (Å²) in [6, 6.07) is 52.1. The number of para-hydroxylation sites is 3. The summed E-state index contributed by atoms with van der Waals surface area (Å²) >= 11 is 0. The van der Waals surface area contributed by atoms with Gasteiger partial charge in [0.15, 0.2) is 11.6 Å². The van der Waals surface area contributed by atoms with Crippen LogP contribution in [0, 0.1) is 0 Å². The van der Waals surface area contributed by atoms with Crippen molar-refractivity contribution >= 4 is 21.9 Å². The molecule has 4 heteroatoms. The van der Waals surface area contributed by atoms with Crippen molar-refractivity contribution < 1.29 is 4.42 Å². The minimum atomic E-state index is 0.785. The molecule has 0 saturated heterocycles. The fourth-order valence-electron chi connectivity index (χ4n) is 5.88. The molecule has 0 spiro atoms. The molecule has 2 aromatic heterocycles. The molecular formula is C38H25N3O. The van der Waals surface area contributed by atoms with E-state index in [9.17, 15) is 0 Å². The second-order valence-electron chi connectivity index (χ2n) is 10.3. The van der Waals surface area contributed by atoms with Crippen molar-refractivity contribution in [2.24, 2.45) is 0 Å². The summed E-state index contributed by atoms with van der Waals surface area (Å²) in [5.41, 5.74) is 9.13. The van der Waals surface area contributed by atoms with Gasteiger partial charge in [0.1, 0.15) is 11.2 Å². The summed E-state index contributed by atoms with van der Waals surface area (Å²) in [6.07, 6.45) is 0. The second-order valence-corrected chi connectivity index (χ2v) is 10.3. The van der Waals surface area contributed by atoms with Crippen LogP contribution >= 0.6 is 0 Å². The third-order valence-corrected chi connectivity index (χ3v) is 7.79. The largest absolute Gasteiger partial charge is 0.455 e. The summed E-state index contributed by atoms with van der Waals surface area (Å²) in [7, 11) is 0. The number of fused-ring (bicyclic) bond motifs is 3. The molecule has 0 amide bonds. The van der Waals surface area contributed by atoms with Gasteiger partial charge in [-0.1, -0.05) is 133 Å². The van der Waals surface area contributed by atoms with Crippen LogP contribution in [0.3, 0.4) is 0 Å². The van der Waals surface area contributed by atoms with Crippen molar-refractivity contribution in [3.05, 3.63) is 152 Å². The molecule has 198 valence electrons. The SMILES string of the molecule is c1ccc(-c2nnc(-c3ccccc3-c3ccccc3-c3cccc4c3oc3ccccc34)n2-c2ccccc2)cc1. The van der Waals surface area contributed by atoms with Gasteiger partial charge in [0.25, 0.3) is 0 Å². The van der Waals surface area contributed by atoms with E-state index in [0.29, 0.717) is 0 Å². The van der Waals surface area contributed by atoms with Gasteiger partial charge in [0.05, 0.1) is 0 Å². The number of rotatable bonds is 5. The fourth-order valence-corrected chi connectivity index (χ4v) is 5.88. The maximum Gasteiger partial charge on any atom is 0.169 e. The first-order valence-corrected chi connectivity index (χ1v) is 14.0. The van der Waals surface area contributed by atoms with E-state index in [1.165, 1.54) is 0 Å². The quantitative estimate of drug-likeness (QED) is 0.219. The molecule has 0 saturated carbocycles. The predicted octanol–water partition coefficient (Wildman–Crippen LogP) is 9.83. The van der Waals surface area contributed by atoms with Crippen molar-refractivity contribution in [3.8, 4) is 50.7 Å². The van der Waals surface area contributed by atoms with Crippen LogP contribution in [0.2, 0.25) is 0 Å². The van der Waals surface area contributed by atoms with E-state index in [4.69, 9.17) is 14.6 Å². The normalized spacial score (nSPS) is 11.3. The molecule has 8 rings (SSSR count). The molecule has 0 bridgehead atoms. The zero-order valence-electron chi connectivity index (χ0n) is 22.7. The standard InChI is InChI=1S/C38H25N3O/c1-3-14-26(15-4-1)37-39-40-38(41(37)27-16-5-2-6-17-27)34-22-10-9-20-30(34)28-18-7-8-19-29(28)32-23-13-24-33-31-21-11-12-25-35(31)42-36(32)33/h1-25H. The third kappa shape index (κ3) is 3.93. The Morgan fingerprint density at radius 3 is 1.69 bits per heavy atom. The molecule has 4 nitrogen and oxygen atoms in total. The van der Waals surface area contributed by atoms with E-state index >= 15 is 0 Å². The Hall–Kier alpha value is -5.74. The molecule has 0 radical (unpaired) electrons. The number of aromatic nitrogens is 3. The first-order valence-electron chi connectivity index (χ1n) is 14.0. The van der Waals surface area contributed by atoms with Crippen LogP contribution in [0.15, 0.2) is 156 Å². The van der Waals surface area contributed by atoms with Crippen LogP contribution < -0.4 is 0 Å². The first kappa shape index (κ1) is 24.1. The summed E-state index contributed by atoms with van der Waals surface area (Å²) in [5, 5.41) is 11.8. The van der Waals surface area contributed by atoms with Crippen molar-refractivity contribution in [2.45, 2.75) is 0 Å². The topological polar surface area (TPSA) is 43.9 Å². The highest BCUT2D eigenvalue weighted by molar-refractivity contribution is 6.10. The predicted molar refractivity (Wildman–Crippen MR) is 170 cm³/mol. The van der Waals surface area contributed by atoms with Crippen LogP contribution in [0.4, 0.5) is 0 Å². The maximum absolute atomic E-state index is 6.45. The molecule has 0 aliphatic rings. The molecule has 0 fully saturated rings. The monoisotopic (exact) mass is 539 g/mol. The van der Waals surface area contributed by atoms with Crippen molar-refractivity contribution in [1.82, 2.24) is 14.8 Å². The Morgan fingerprint density at radius 1 is 0.405 bits per heavy atom. The zero-order valence-corrected chi connectivity index (χ0v) is 22.7. The summed E-state index contributed by atoms with van der Waals surface area (Å²) in [6.45, 7) is 0. The Balaban J connectivity index is 1.36. The van der Waals surface area contributed by atoms with Crippen LogP contribution in [0.25, 0.3) is 72.7 Å². The van der Waals surface area contributed by atoms with E-state index in [2.05, 4.69) is 108 Å². The number of benzene rings is 6. The third-order valence-electron chi connectivity index (χ3n) is 7.79. The smallest absolute Gasteiger partial charge is 0.169 e. The van der Waals surface area contributed by atoms with E-state index in [1.54, 1.807) is 0 Å². The van der Waals surface area contributed by atoms with Gasteiger partial charge < -0.3 is 4.42 Å². The van der Waals surface area contributed by atoms with Gasteiger partial charge >= 0.3 is 0 Å². The minimum absolute atomic E-state index is 0.785. The van der Waals surface area contributed by atoms with Gasteiger partial charge in [-0.3, -0.25) is 4.57 Å². The lowest BCUT2D eigenvalue weighted by Gasteiger charge is -2.16. The maximum atomic E-state index is 6.45. The highest BCUT2D eigenvalue weighted by atomic mass is 16.3. The van der Waals surface area contributed by atoms with Crippen LogP contribution in [-0.4, -0.2) is 14.8 Å². The highest BCUT2D eigenvalue weighted by Gasteiger charge is 2.22. The van der Waals surface area contributed by atoms with Crippen molar-refractivity contribution in [1.29, 1.82) is 0 Å². The highest BCUT2D eigenvalue weighted by Crippen LogP contribution is 2.42. The fraction of sp³-hybridized carbons (Fsp3) is 0. The summed E-state index contributed by atoms with van der Waals surface area (Å²) in [4.78, 5) is 0. The number of furan rings is 1. The van der Waals surface area contributed by atoms with Crippen molar-refractivity contribution in [2.75, 3.05) is 0 Å². The zero-order chi connectivity index (χ0) is 27.9.